The first-order valence-corrected chi connectivity index (χ1v) is 19.4. The molecular weight excluding hydrogens is 665 g/mol. The first-order valence-electron chi connectivity index (χ1n) is 19.4. The van der Waals surface area contributed by atoms with Gasteiger partial charge in [0.2, 0.25) is 0 Å². The van der Waals surface area contributed by atoms with Crippen molar-refractivity contribution in [2.75, 3.05) is 0 Å². The summed E-state index contributed by atoms with van der Waals surface area (Å²) in [6.45, 7) is 21.1. The van der Waals surface area contributed by atoms with Crippen LogP contribution in [0.15, 0.2) is 207 Å². The van der Waals surface area contributed by atoms with Gasteiger partial charge in [-0.3, -0.25) is 0 Å². The van der Waals surface area contributed by atoms with Gasteiger partial charge in [0.25, 0.3) is 0 Å². The third-order valence-electron chi connectivity index (χ3n) is 8.72. The fourth-order valence-corrected chi connectivity index (χ4v) is 6.51. The second kappa shape index (κ2) is 21.4. The third-order valence-corrected chi connectivity index (χ3v) is 8.72. The van der Waals surface area contributed by atoms with Gasteiger partial charge < -0.3 is 9.13 Å². The van der Waals surface area contributed by atoms with Gasteiger partial charge in [-0.1, -0.05) is 186 Å². The molecule has 0 aliphatic heterocycles. The average molecular weight is 721 g/mol. The number of aromatic nitrogens is 2. The summed E-state index contributed by atoms with van der Waals surface area (Å²) < 4.78 is 4.76. The molecule has 0 aliphatic rings. The Labute approximate surface area is 329 Å². The Morgan fingerprint density at radius 2 is 0.782 bits per heavy atom. The van der Waals surface area contributed by atoms with Gasteiger partial charge >= 0.3 is 0 Å². The van der Waals surface area contributed by atoms with E-state index in [1.54, 1.807) is 6.08 Å². The molecule has 2 heterocycles. The van der Waals surface area contributed by atoms with Crippen LogP contribution in [-0.4, -0.2) is 9.13 Å². The molecule has 0 aliphatic carbocycles. The van der Waals surface area contributed by atoms with Crippen LogP contribution < -0.4 is 0 Å². The maximum atomic E-state index is 3.66. The van der Waals surface area contributed by atoms with Crippen LogP contribution in [0.1, 0.15) is 48.5 Å². The number of rotatable bonds is 6. The summed E-state index contributed by atoms with van der Waals surface area (Å²) in [7, 11) is 0. The summed E-state index contributed by atoms with van der Waals surface area (Å²) in [4.78, 5) is 0. The first kappa shape index (κ1) is 41.4. The van der Waals surface area contributed by atoms with E-state index in [1.807, 2.05) is 84.9 Å². The van der Waals surface area contributed by atoms with E-state index in [2.05, 4.69) is 168 Å². The molecule has 0 fully saturated rings. The van der Waals surface area contributed by atoms with Crippen molar-refractivity contribution < 1.29 is 0 Å². The number of fused-ring (bicyclic) bond motifs is 6. The molecule has 2 heteroatoms. The van der Waals surface area contributed by atoms with Crippen molar-refractivity contribution in [2.45, 2.75) is 48.5 Å². The van der Waals surface area contributed by atoms with Gasteiger partial charge in [0.15, 0.2) is 0 Å². The molecule has 8 aromatic rings. The largest absolute Gasteiger partial charge is 0.309 e. The molecule has 0 atom stereocenters. The summed E-state index contributed by atoms with van der Waals surface area (Å²) in [5.74, 6) is 0. The Hall–Kier alpha value is -6.38. The van der Waals surface area contributed by atoms with Gasteiger partial charge in [-0.2, -0.15) is 0 Å². The van der Waals surface area contributed by atoms with Crippen LogP contribution in [0.4, 0.5) is 0 Å². The molecule has 0 amide bonds. The highest BCUT2D eigenvalue weighted by atomic mass is 15.0. The van der Waals surface area contributed by atoms with E-state index in [1.165, 1.54) is 66.1 Å². The van der Waals surface area contributed by atoms with E-state index >= 15 is 0 Å². The van der Waals surface area contributed by atoms with E-state index in [0.717, 1.165) is 5.57 Å². The van der Waals surface area contributed by atoms with E-state index in [9.17, 15) is 0 Å². The smallest absolute Gasteiger partial charge is 0.0541 e. The molecule has 0 unspecified atom stereocenters. The maximum absolute atomic E-state index is 3.66. The Morgan fingerprint density at radius 3 is 1.05 bits per heavy atom. The molecule has 6 aromatic carbocycles. The van der Waals surface area contributed by atoms with Gasteiger partial charge in [0.1, 0.15) is 0 Å². The van der Waals surface area contributed by atoms with Crippen molar-refractivity contribution in [3.8, 4) is 22.5 Å². The van der Waals surface area contributed by atoms with Crippen LogP contribution in [0.5, 0.6) is 0 Å². The van der Waals surface area contributed by atoms with Gasteiger partial charge in [0.05, 0.1) is 22.1 Å². The summed E-state index contributed by atoms with van der Waals surface area (Å²) >= 11 is 0. The Kier molecular flexibility index (Phi) is 16.1. The Balaban J connectivity index is 0.000000338. The number of nitrogens with zero attached hydrogens (tertiary/aromatic N) is 2. The lowest BCUT2D eigenvalue weighted by Gasteiger charge is -2.12. The Bertz CT molecular complexity index is 2280. The summed E-state index contributed by atoms with van der Waals surface area (Å²) in [5.41, 5.74) is 10.7. The minimum atomic E-state index is 1.06. The SMILES string of the molecule is C/C=C\C=C/C.C=C/C=C\C(=C)C.CC.CC.c1cc(-c2cccc(-n3c4ccccc4c4ccccc43)c2)cc(-n2c3ccccc3c3ccccc32)c1. The highest BCUT2D eigenvalue weighted by Crippen LogP contribution is 2.35. The normalized spacial score (nSPS) is 10.7. The molecule has 2 aromatic heterocycles. The summed E-state index contributed by atoms with van der Waals surface area (Å²) in [6, 6.07) is 52.5. The average Bonchev–Trinajstić information content (AvgIpc) is 3.77. The van der Waals surface area contributed by atoms with Crippen molar-refractivity contribution in [1.82, 2.24) is 9.13 Å². The molecule has 2 nitrogen and oxygen atoms in total. The standard InChI is InChI=1S/C36H24N2.C7H10.C6H10.2C2H6/c1-5-19-33-29(15-1)30-16-2-6-20-34(30)37(33)27-13-9-11-25(23-27)26-12-10-14-28(24-26)38-35-21-7-3-17-31(35)32-18-4-8-22-36(32)38;1-4-5-6-7(2)3;1-3-5-6-4-2;2*1-2/h1-24H;4-6H,1-2H2,3H3;3-6H,1-2H3;2*1-2H3/b;6-5-;5-3-,6-4-;;. The van der Waals surface area contributed by atoms with Crippen LogP contribution in [0, 0.1) is 0 Å². The summed E-state index contributed by atoms with van der Waals surface area (Å²) in [6.07, 6.45) is 13.5. The van der Waals surface area contributed by atoms with Crippen LogP contribution in [0.2, 0.25) is 0 Å². The van der Waals surface area contributed by atoms with E-state index in [-0.39, 0.29) is 0 Å². The van der Waals surface area contributed by atoms with Gasteiger partial charge in [-0.05, 0) is 80.4 Å². The molecule has 278 valence electrons. The van der Waals surface area contributed by atoms with Crippen LogP contribution in [-0.2, 0) is 0 Å². The topological polar surface area (TPSA) is 9.86 Å². The molecule has 0 radical (unpaired) electrons. The van der Waals surface area contributed by atoms with Crippen LogP contribution in [0.3, 0.4) is 0 Å². The van der Waals surface area contributed by atoms with Crippen LogP contribution >= 0.6 is 0 Å². The Morgan fingerprint density at radius 1 is 0.455 bits per heavy atom. The first-order chi connectivity index (χ1) is 27.0. The zero-order chi connectivity index (χ0) is 39.6. The molecule has 0 saturated heterocycles. The second-order valence-electron chi connectivity index (χ2n) is 12.3. The highest BCUT2D eigenvalue weighted by molar-refractivity contribution is 6.10. The monoisotopic (exact) mass is 720 g/mol. The minimum Gasteiger partial charge on any atom is -0.309 e. The fourth-order valence-electron chi connectivity index (χ4n) is 6.51. The van der Waals surface area contributed by atoms with Crippen molar-refractivity contribution in [2.24, 2.45) is 0 Å². The van der Waals surface area contributed by atoms with E-state index in [4.69, 9.17) is 0 Å². The molecule has 0 saturated carbocycles. The lowest BCUT2D eigenvalue weighted by Crippen LogP contribution is -1.95. The van der Waals surface area contributed by atoms with E-state index in [0.29, 0.717) is 0 Å². The predicted octanol–water partition coefficient (Wildman–Crippen LogP) is 16.0. The van der Waals surface area contributed by atoms with Gasteiger partial charge in [0, 0.05) is 32.9 Å². The molecule has 0 N–H and O–H groups in total. The highest BCUT2D eigenvalue weighted by Gasteiger charge is 2.14. The zero-order valence-electron chi connectivity index (χ0n) is 33.7. The minimum absolute atomic E-state index is 1.06. The van der Waals surface area contributed by atoms with Crippen molar-refractivity contribution in [1.29, 1.82) is 0 Å². The number of hydrogen-bond donors (Lipinski definition) is 0. The summed E-state index contributed by atoms with van der Waals surface area (Å²) in [5, 5.41) is 5.12. The van der Waals surface area contributed by atoms with E-state index < -0.39 is 0 Å². The second-order valence-corrected chi connectivity index (χ2v) is 12.3. The van der Waals surface area contributed by atoms with Crippen molar-refractivity contribution in [3.05, 3.63) is 207 Å². The molecule has 0 spiro atoms. The number of allylic oxidation sites excluding steroid dienone is 8. The van der Waals surface area contributed by atoms with Crippen LogP contribution in [0.25, 0.3) is 66.1 Å². The van der Waals surface area contributed by atoms with Gasteiger partial charge in [-0.25, -0.2) is 0 Å². The number of hydrogen-bond acceptors (Lipinski definition) is 0. The lowest BCUT2D eigenvalue weighted by atomic mass is 10.0. The quantitative estimate of drug-likeness (QED) is 0.151. The van der Waals surface area contributed by atoms with Crippen molar-refractivity contribution in [3.63, 3.8) is 0 Å². The number of para-hydroxylation sites is 4. The van der Waals surface area contributed by atoms with Gasteiger partial charge in [-0.15, -0.1) is 0 Å². The maximum Gasteiger partial charge on any atom is 0.0541 e. The molecular formula is C53H56N2. The lowest BCUT2D eigenvalue weighted by molar-refractivity contribution is 1.17. The number of benzene rings is 6. The predicted molar refractivity (Wildman–Crippen MR) is 247 cm³/mol. The van der Waals surface area contributed by atoms with Crippen molar-refractivity contribution >= 4 is 43.6 Å². The zero-order valence-corrected chi connectivity index (χ0v) is 33.7. The fraction of sp³-hybridized carbons (Fsp3) is 0.132. The molecule has 55 heavy (non-hydrogen) atoms. The third kappa shape index (κ3) is 9.79. The molecule has 8 rings (SSSR count). The molecule has 0 bridgehead atoms.